The van der Waals surface area contributed by atoms with Crippen LogP contribution in [0.25, 0.3) is 0 Å². The predicted octanol–water partition coefficient (Wildman–Crippen LogP) is 2.92. The van der Waals surface area contributed by atoms with E-state index in [0.717, 1.165) is 5.82 Å². The summed E-state index contributed by atoms with van der Waals surface area (Å²) in [4.78, 5) is 4.23. The molecule has 0 aliphatic heterocycles. The Bertz CT molecular complexity index is 521. The molecule has 2 unspecified atom stereocenters. The van der Waals surface area contributed by atoms with Crippen LogP contribution in [0.5, 0.6) is 0 Å². The summed E-state index contributed by atoms with van der Waals surface area (Å²) in [6, 6.07) is 9.40. The fraction of sp³-hybridized carbons (Fsp3) is 0.467. The van der Waals surface area contributed by atoms with Gasteiger partial charge in [-0.3, -0.25) is 5.10 Å². The molecule has 1 heterocycles. The van der Waals surface area contributed by atoms with E-state index >= 15 is 0 Å². The molecule has 0 radical (unpaired) electrons. The van der Waals surface area contributed by atoms with Gasteiger partial charge in [-0.05, 0) is 37.3 Å². The number of fused-ring (bicyclic) bond motifs is 1. The van der Waals surface area contributed by atoms with Gasteiger partial charge in [-0.1, -0.05) is 30.7 Å². The highest BCUT2D eigenvalue weighted by atomic mass is 15.2. The first-order valence-corrected chi connectivity index (χ1v) is 7.03. The van der Waals surface area contributed by atoms with E-state index in [0.29, 0.717) is 6.04 Å². The zero-order valence-electron chi connectivity index (χ0n) is 11.3. The number of H-pyrrole nitrogens is 1. The Hall–Kier alpha value is -1.68. The van der Waals surface area contributed by atoms with E-state index in [9.17, 15) is 0 Å². The summed E-state index contributed by atoms with van der Waals surface area (Å²) in [7, 11) is 0. The zero-order chi connectivity index (χ0) is 13.1. The molecule has 0 bridgehead atoms. The smallest absolute Gasteiger partial charge is 0.141 e. The number of hydrogen-bond donors (Lipinski definition) is 2. The molecule has 1 aliphatic rings. The van der Waals surface area contributed by atoms with Crippen LogP contribution in [-0.4, -0.2) is 15.2 Å². The monoisotopic (exact) mass is 256 g/mol. The maximum absolute atomic E-state index is 4.23. The van der Waals surface area contributed by atoms with E-state index in [4.69, 9.17) is 0 Å². The van der Waals surface area contributed by atoms with Gasteiger partial charge in [0.1, 0.15) is 12.2 Å². The second-order valence-corrected chi connectivity index (χ2v) is 5.26. The fourth-order valence-electron chi connectivity index (χ4n) is 2.90. The van der Waals surface area contributed by atoms with E-state index in [-0.39, 0.29) is 6.04 Å². The SMILES string of the molecule is CC(NC1CCCCc2ccccc21)c1ncn[nH]1. The molecular formula is C15H20N4. The summed E-state index contributed by atoms with van der Waals surface area (Å²) in [5, 5.41) is 10.5. The summed E-state index contributed by atoms with van der Waals surface area (Å²) in [6.45, 7) is 2.13. The molecule has 4 nitrogen and oxygen atoms in total. The first-order chi connectivity index (χ1) is 9.34. The highest BCUT2D eigenvalue weighted by molar-refractivity contribution is 5.31. The van der Waals surface area contributed by atoms with Crippen LogP contribution in [0.3, 0.4) is 0 Å². The molecule has 0 saturated heterocycles. The maximum Gasteiger partial charge on any atom is 0.141 e. The number of aromatic amines is 1. The Balaban J connectivity index is 1.80. The highest BCUT2D eigenvalue weighted by Gasteiger charge is 2.21. The van der Waals surface area contributed by atoms with Crippen molar-refractivity contribution in [2.75, 3.05) is 0 Å². The lowest BCUT2D eigenvalue weighted by Gasteiger charge is -2.22. The Morgan fingerprint density at radius 3 is 3.05 bits per heavy atom. The van der Waals surface area contributed by atoms with Crippen molar-refractivity contribution in [1.82, 2.24) is 20.5 Å². The minimum Gasteiger partial charge on any atom is -0.301 e. The number of aryl methyl sites for hydroxylation is 1. The van der Waals surface area contributed by atoms with Crippen molar-refractivity contribution < 1.29 is 0 Å². The average Bonchev–Trinajstić information content (AvgIpc) is 2.90. The standard InChI is InChI=1S/C15H20N4/c1-11(15-16-10-17-19-15)18-14-9-5-3-7-12-6-2-4-8-13(12)14/h2,4,6,8,10-11,14,18H,3,5,7,9H2,1H3,(H,16,17,19). The van der Waals surface area contributed by atoms with Crippen LogP contribution in [0.1, 0.15) is 55.2 Å². The minimum absolute atomic E-state index is 0.193. The second kappa shape index (κ2) is 5.53. The summed E-state index contributed by atoms with van der Waals surface area (Å²) in [6.07, 6.45) is 6.51. The van der Waals surface area contributed by atoms with Gasteiger partial charge in [0.15, 0.2) is 0 Å². The molecule has 0 fully saturated rings. The molecule has 1 aliphatic carbocycles. The van der Waals surface area contributed by atoms with Crippen LogP contribution in [-0.2, 0) is 6.42 Å². The molecule has 2 N–H and O–H groups in total. The highest BCUT2D eigenvalue weighted by Crippen LogP contribution is 2.30. The zero-order valence-corrected chi connectivity index (χ0v) is 11.3. The van der Waals surface area contributed by atoms with E-state index in [1.807, 2.05) is 0 Å². The van der Waals surface area contributed by atoms with Crippen LogP contribution >= 0.6 is 0 Å². The number of nitrogens with zero attached hydrogens (tertiary/aromatic N) is 2. The van der Waals surface area contributed by atoms with Crippen LogP contribution in [0.2, 0.25) is 0 Å². The number of nitrogens with one attached hydrogen (secondary N) is 2. The molecule has 0 saturated carbocycles. The van der Waals surface area contributed by atoms with Crippen molar-refractivity contribution in [3.05, 3.63) is 47.5 Å². The molecule has 2 aromatic rings. The predicted molar refractivity (Wildman–Crippen MR) is 74.7 cm³/mol. The van der Waals surface area contributed by atoms with Gasteiger partial charge in [0.2, 0.25) is 0 Å². The second-order valence-electron chi connectivity index (χ2n) is 5.26. The molecule has 3 rings (SSSR count). The Morgan fingerprint density at radius 2 is 2.21 bits per heavy atom. The summed E-state index contributed by atoms with van der Waals surface area (Å²) < 4.78 is 0. The van der Waals surface area contributed by atoms with Gasteiger partial charge < -0.3 is 5.32 Å². The molecule has 1 aromatic heterocycles. The number of hydrogen-bond acceptors (Lipinski definition) is 3. The lowest BCUT2D eigenvalue weighted by molar-refractivity contribution is 0.426. The molecule has 1 aromatic carbocycles. The largest absolute Gasteiger partial charge is 0.301 e. The average molecular weight is 256 g/mol. The van der Waals surface area contributed by atoms with Gasteiger partial charge in [0.25, 0.3) is 0 Å². The van der Waals surface area contributed by atoms with E-state index in [1.165, 1.54) is 36.8 Å². The number of benzene rings is 1. The van der Waals surface area contributed by atoms with Crippen molar-refractivity contribution in [2.24, 2.45) is 0 Å². The van der Waals surface area contributed by atoms with Crippen molar-refractivity contribution in [3.8, 4) is 0 Å². The van der Waals surface area contributed by atoms with Crippen LogP contribution in [0.4, 0.5) is 0 Å². The molecule has 19 heavy (non-hydrogen) atoms. The first kappa shape index (κ1) is 12.4. The van der Waals surface area contributed by atoms with Crippen LogP contribution in [0.15, 0.2) is 30.6 Å². The lowest BCUT2D eigenvalue weighted by atomic mass is 9.98. The third kappa shape index (κ3) is 2.68. The first-order valence-electron chi connectivity index (χ1n) is 7.03. The van der Waals surface area contributed by atoms with Crippen LogP contribution < -0.4 is 5.32 Å². The number of aromatic nitrogens is 3. The summed E-state index contributed by atoms with van der Waals surface area (Å²) in [5.41, 5.74) is 2.94. The van der Waals surface area contributed by atoms with Gasteiger partial charge in [-0.25, -0.2) is 4.98 Å². The van der Waals surface area contributed by atoms with E-state index in [1.54, 1.807) is 6.33 Å². The van der Waals surface area contributed by atoms with Crippen molar-refractivity contribution in [1.29, 1.82) is 0 Å². The lowest BCUT2D eigenvalue weighted by Crippen LogP contribution is -2.25. The molecule has 0 spiro atoms. The quantitative estimate of drug-likeness (QED) is 0.830. The van der Waals surface area contributed by atoms with E-state index in [2.05, 4.69) is 51.7 Å². The van der Waals surface area contributed by atoms with Crippen molar-refractivity contribution >= 4 is 0 Å². The Kier molecular flexibility index (Phi) is 3.60. The number of rotatable bonds is 3. The van der Waals surface area contributed by atoms with Gasteiger partial charge in [-0.15, -0.1) is 0 Å². The molecule has 4 heteroatoms. The van der Waals surface area contributed by atoms with Gasteiger partial charge in [-0.2, -0.15) is 5.10 Å². The molecular weight excluding hydrogens is 236 g/mol. The van der Waals surface area contributed by atoms with E-state index < -0.39 is 0 Å². The third-order valence-corrected chi connectivity index (χ3v) is 3.91. The molecule has 0 amide bonds. The van der Waals surface area contributed by atoms with Crippen molar-refractivity contribution in [3.63, 3.8) is 0 Å². The Labute approximate surface area is 113 Å². The van der Waals surface area contributed by atoms with Crippen LogP contribution in [0, 0.1) is 0 Å². The maximum atomic E-state index is 4.23. The topological polar surface area (TPSA) is 53.6 Å². The summed E-state index contributed by atoms with van der Waals surface area (Å²) >= 11 is 0. The van der Waals surface area contributed by atoms with Crippen molar-refractivity contribution in [2.45, 2.75) is 44.7 Å². The third-order valence-electron chi connectivity index (χ3n) is 3.91. The van der Waals surface area contributed by atoms with Gasteiger partial charge in [0, 0.05) is 6.04 Å². The van der Waals surface area contributed by atoms with Gasteiger partial charge in [0.05, 0.1) is 6.04 Å². The van der Waals surface area contributed by atoms with Gasteiger partial charge >= 0.3 is 0 Å². The Morgan fingerprint density at radius 1 is 1.32 bits per heavy atom. The summed E-state index contributed by atoms with van der Waals surface area (Å²) in [5.74, 6) is 0.904. The normalized spacial score (nSPS) is 20.6. The fourth-order valence-corrected chi connectivity index (χ4v) is 2.90. The minimum atomic E-state index is 0.193. The molecule has 100 valence electrons. The molecule has 2 atom stereocenters.